The monoisotopic (exact) mass is 352 g/mol. The lowest BCUT2D eigenvalue weighted by molar-refractivity contribution is 0.887. The Balaban J connectivity index is 1.42. The molecule has 0 spiro atoms. The maximum absolute atomic E-state index is 4.68. The maximum atomic E-state index is 4.68. The minimum Gasteiger partial charge on any atom is -0.186 e. The molecule has 4 nitrogen and oxygen atoms in total. The second-order valence-corrected chi connectivity index (χ2v) is 7.43. The molecule has 2 aromatic heterocycles. The highest BCUT2D eigenvalue weighted by atomic mass is 32.2. The summed E-state index contributed by atoms with van der Waals surface area (Å²) in [5.74, 6) is 2.81. The Morgan fingerprint density at radius 3 is 2.46 bits per heavy atom. The van der Waals surface area contributed by atoms with Gasteiger partial charge >= 0.3 is 0 Å². The van der Waals surface area contributed by atoms with Crippen LogP contribution in [0.4, 0.5) is 0 Å². The molecule has 0 radical (unpaired) electrons. The third-order valence-electron chi connectivity index (χ3n) is 3.69. The van der Waals surface area contributed by atoms with E-state index in [0.29, 0.717) is 0 Å². The largest absolute Gasteiger partial charge is 0.235 e. The van der Waals surface area contributed by atoms with Crippen molar-refractivity contribution in [3.05, 3.63) is 72.1 Å². The third-order valence-corrected chi connectivity index (χ3v) is 5.59. The Bertz CT molecular complexity index is 916. The van der Waals surface area contributed by atoms with E-state index in [-0.39, 0.29) is 0 Å². The molecule has 0 aliphatic heterocycles. The summed E-state index contributed by atoms with van der Waals surface area (Å²) in [6.45, 7) is 0. The van der Waals surface area contributed by atoms with E-state index < -0.39 is 0 Å². The maximum Gasteiger partial charge on any atom is 0.235 e. The normalized spacial score (nSPS) is 11.2. The molecule has 0 saturated heterocycles. The van der Waals surface area contributed by atoms with Gasteiger partial charge in [0.1, 0.15) is 5.01 Å². The molecule has 6 heteroatoms. The Hall–Kier alpha value is -2.18. The zero-order valence-electron chi connectivity index (χ0n) is 13.0. The predicted octanol–water partition coefficient (Wildman–Crippen LogP) is 4.33. The van der Waals surface area contributed by atoms with E-state index in [1.54, 1.807) is 11.3 Å². The summed E-state index contributed by atoms with van der Waals surface area (Å²) in [7, 11) is 0. The highest BCUT2D eigenvalue weighted by Crippen LogP contribution is 2.25. The van der Waals surface area contributed by atoms with Crippen molar-refractivity contribution in [3.63, 3.8) is 0 Å². The zero-order valence-corrected chi connectivity index (χ0v) is 14.6. The van der Waals surface area contributed by atoms with Gasteiger partial charge in [-0.1, -0.05) is 72.0 Å². The van der Waals surface area contributed by atoms with Crippen molar-refractivity contribution < 1.29 is 0 Å². The summed E-state index contributed by atoms with van der Waals surface area (Å²) in [4.78, 5) is 0.854. The van der Waals surface area contributed by atoms with Gasteiger partial charge in [-0.15, -0.1) is 10.2 Å². The molecule has 24 heavy (non-hydrogen) atoms. The van der Waals surface area contributed by atoms with Crippen molar-refractivity contribution in [1.82, 2.24) is 19.8 Å². The molecule has 0 fully saturated rings. The van der Waals surface area contributed by atoms with Crippen LogP contribution in [0.25, 0.3) is 15.5 Å². The van der Waals surface area contributed by atoms with Crippen LogP contribution in [-0.2, 0) is 12.2 Å². The zero-order chi connectivity index (χ0) is 16.2. The Kier molecular flexibility index (Phi) is 4.57. The minimum atomic E-state index is 0.825. The SMILES string of the molecule is c1ccc(CCSCc2nnc3sc(-c4ccccc4)nn23)cc1. The van der Waals surface area contributed by atoms with Gasteiger partial charge in [0.05, 0.1) is 5.75 Å². The molecule has 0 aliphatic carbocycles. The fourth-order valence-corrected chi connectivity index (χ4v) is 4.19. The number of rotatable bonds is 6. The lowest BCUT2D eigenvalue weighted by Crippen LogP contribution is -1.96. The van der Waals surface area contributed by atoms with E-state index in [1.807, 2.05) is 34.5 Å². The molecule has 4 aromatic rings. The Labute approximate surface area is 148 Å². The summed E-state index contributed by atoms with van der Waals surface area (Å²) >= 11 is 3.44. The first-order valence-corrected chi connectivity index (χ1v) is 9.75. The van der Waals surface area contributed by atoms with E-state index in [1.165, 1.54) is 5.56 Å². The van der Waals surface area contributed by atoms with E-state index in [4.69, 9.17) is 0 Å². The van der Waals surface area contributed by atoms with Crippen molar-refractivity contribution in [2.45, 2.75) is 12.2 Å². The number of hydrogen-bond acceptors (Lipinski definition) is 5. The van der Waals surface area contributed by atoms with Crippen molar-refractivity contribution in [2.75, 3.05) is 5.75 Å². The molecule has 2 heterocycles. The highest BCUT2D eigenvalue weighted by molar-refractivity contribution is 7.98. The molecule has 0 saturated carbocycles. The first-order valence-electron chi connectivity index (χ1n) is 7.78. The Morgan fingerprint density at radius 1 is 0.917 bits per heavy atom. The number of aryl methyl sites for hydroxylation is 1. The van der Waals surface area contributed by atoms with Crippen LogP contribution < -0.4 is 0 Å². The van der Waals surface area contributed by atoms with E-state index in [9.17, 15) is 0 Å². The second kappa shape index (κ2) is 7.15. The summed E-state index contributed by atoms with van der Waals surface area (Å²) in [6, 6.07) is 20.8. The first kappa shape index (κ1) is 15.4. The van der Waals surface area contributed by atoms with Crippen LogP contribution in [0.5, 0.6) is 0 Å². The fraction of sp³-hybridized carbons (Fsp3) is 0.167. The van der Waals surface area contributed by atoms with Crippen molar-refractivity contribution >= 4 is 28.1 Å². The number of aromatic nitrogens is 4. The summed E-state index contributed by atoms with van der Waals surface area (Å²) in [6.07, 6.45) is 1.07. The number of benzene rings is 2. The smallest absolute Gasteiger partial charge is 0.186 e. The third kappa shape index (κ3) is 3.34. The van der Waals surface area contributed by atoms with Gasteiger partial charge in [-0.25, -0.2) is 0 Å². The molecule has 2 aromatic carbocycles. The molecule has 0 amide bonds. The fourth-order valence-electron chi connectivity index (χ4n) is 2.44. The van der Waals surface area contributed by atoms with Crippen molar-refractivity contribution in [3.8, 4) is 10.6 Å². The van der Waals surface area contributed by atoms with Crippen LogP contribution in [0, 0.1) is 0 Å². The average Bonchev–Trinajstić information content (AvgIpc) is 3.22. The summed E-state index contributed by atoms with van der Waals surface area (Å²) in [5, 5.41) is 14.2. The lowest BCUT2D eigenvalue weighted by Gasteiger charge is -2.00. The van der Waals surface area contributed by atoms with Gasteiger partial charge in [0, 0.05) is 5.56 Å². The average molecular weight is 352 g/mol. The quantitative estimate of drug-likeness (QED) is 0.485. The van der Waals surface area contributed by atoms with Crippen LogP contribution in [0.2, 0.25) is 0 Å². The number of thioether (sulfide) groups is 1. The predicted molar refractivity (Wildman–Crippen MR) is 100 cm³/mol. The van der Waals surface area contributed by atoms with Crippen LogP contribution in [-0.4, -0.2) is 25.6 Å². The van der Waals surface area contributed by atoms with Gasteiger partial charge < -0.3 is 0 Å². The molecule has 4 rings (SSSR count). The molecule has 0 aliphatic rings. The first-order chi connectivity index (χ1) is 11.9. The number of hydrogen-bond donors (Lipinski definition) is 0. The summed E-state index contributed by atoms with van der Waals surface area (Å²) < 4.78 is 1.88. The molecule has 0 atom stereocenters. The molecular weight excluding hydrogens is 336 g/mol. The van der Waals surface area contributed by atoms with Gasteiger partial charge in [0.2, 0.25) is 4.96 Å². The molecule has 0 bridgehead atoms. The molecular formula is C18H16N4S2. The minimum absolute atomic E-state index is 0.825. The molecule has 0 N–H and O–H groups in total. The van der Waals surface area contributed by atoms with E-state index in [0.717, 1.165) is 39.3 Å². The van der Waals surface area contributed by atoms with Gasteiger partial charge in [-0.3, -0.25) is 0 Å². The molecule has 120 valence electrons. The van der Waals surface area contributed by atoms with E-state index >= 15 is 0 Å². The topological polar surface area (TPSA) is 43.1 Å². The standard InChI is InChI=1S/C18H16N4S2/c1-3-7-14(8-4-1)11-12-23-13-16-19-20-18-22(16)21-17(24-18)15-9-5-2-6-10-15/h1-10H,11-13H2. The van der Waals surface area contributed by atoms with Crippen molar-refractivity contribution in [1.29, 1.82) is 0 Å². The summed E-state index contributed by atoms with van der Waals surface area (Å²) in [5.41, 5.74) is 2.49. The molecule has 0 unspecified atom stereocenters. The van der Waals surface area contributed by atoms with E-state index in [2.05, 4.69) is 57.8 Å². The lowest BCUT2D eigenvalue weighted by atomic mass is 10.2. The van der Waals surface area contributed by atoms with Crippen molar-refractivity contribution in [2.24, 2.45) is 0 Å². The Morgan fingerprint density at radius 2 is 1.67 bits per heavy atom. The second-order valence-electron chi connectivity index (χ2n) is 5.37. The van der Waals surface area contributed by atoms with Gasteiger partial charge in [0.15, 0.2) is 5.82 Å². The van der Waals surface area contributed by atoms with Crippen LogP contribution in [0.1, 0.15) is 11.4 Å². The van der Waals surface area contributed by atoms with Gasteiger partial charge in [-0.05, 0) is 17.7 Å². The van der Waals surface area contributed by atoms with Gasteiger partial charge in [0.25, 0.3) is 0 Å². The number of fused-ring (bicyclic) bond motifs is 1. The number of nitrogens with zero attached hydrogens (tertiary/aromatic N) is 4. The van der Waals surface area contributed by atoms with Crippen LogP contribution >= 0.6 is 23.1 Å². The van der Waals surface area contributed by atoms with Gasteiger partial charge in [-0.2, -0.15) is 21.4 Å². The van der Waals surface area contributed by atoms with Crippen LogP contribution in [0.3, 0.4) is 0 Å². The highest BCUT2D eigenvalue weighted by Gasteiger charge is 2.12. The van der Waals surface area contributed by atoms with Crippen LogP contribution in [0.15, 0.2) is 60.7 Å².